The fourth-order valence-corrected chi connectivity index (χ4v) is 1.66. The van der Waals surface area contributed by atoms with Gasteiger partial charge in [-0.05, 0) is 18.1 Å². The number of pyridine rings is 1. The molecule has 8 heteroatoms. The monoisotopic (exact) mass is 296 g/mol. The number of alkyl halides is 3. The van der Waals surface area contributed by atoms with Crippen molar-refractivity contribution in [1.82, 2.24) is 4.98 Å². The number of carbonyl (C=O) groups is 1. The first-order valence-corrected chi connectivity index (χ1v) is 5.73. The molecular formula is C11H12ClF3N2O2. The van der Waals surface area contributed by atoms with Gasteiger partial charge in [0.25, 0.3) is 0 Å². The van der Waals surface area contributed by atoms with Crippen LogP contribution in [-0.2, 0) is 0 Å². The Morgan fingerprint density at radius 2 is 2.00 bits per heavy atom. The summed E-state index contributed by atoms with van der Waals surface area (Å²) in [5.74, 6) is -2.22. The molecule has 0 radical (unpaired) electrons. The highest BCUT2D eigenvalue weighted by atomic mass is 35.5. The molecular weight excluding hydrogens is 285 g/mol. The molecule has 1 aromatic rings. The minimum atomic E-state index is -4.50. The van der Waals surface area contributed by atoms with Crippen molar-refractivity contribution in [3.63, 3.8) is 0 Å². The summed E-state index contributed by atoms with van der Waals surface area (Å²) in [6.45, 7) is 2.77. The number of aromatic nitrogens is 1. The van der Waals surface area contributed by atoms with Crippen LogP contribution in [0.4, 0.5) is 18.9 Å². The van der Waals surface area contributed by atoms with Crippen LogP contribution in [0.3, 0.4) is 0 Å². The molecule has 0 aliphatic carbocycles. The summed E-state index contributed by atoms with van der Waals surface area (Å²) < 4.78 is 38.4. The molecule has 106 valence electrons. The Bertz CT molecular complexity index is 477. The van der Waals surface area contributed by atoms with Gasteiger partial charge in [-0.3, -0.25) is 0 Å². The topological polar surface area (TPSA) is 62.2 Å². The second kappa shape index (κ2) is 5.64. The van der Waals surface area contributed by atoms with Gasteiger partial charge in [0.05, 0.1) is 5.69 Å². The highest BCUT2D eigenvalue weighted by molar-refractivity contribution is 6.29. The first-order valence-electron chi connectivity index (χ1n) is 5.36. The Kier molecular flexibility index (Phi) is 4.62. The van der Waals surface area contributed by atoms with Gasteiger partial charge in [0.2, 0.25) is 0 Å². The van der Waals surface area contributed by atoms with Crippen molar-refractivity contribution in [1.29, 1.82) is 0 Å². The molecule has 0 aromatic carbocycles. The molecule has 4 nitrogen and oxygen atoms in total. The third-order valence-electron chi connectivity index (χ3n) is 2.39. The summed E-state index contributed by atoms with van der Waals surface area (Å²) in [7, 11) is 0. The zero-order chi connectivity index (χ0) is 14.8. The van der Waals surface area contributed by atoms with E-state index in [2.05, 4.69) is 10.3 Å². The van der Waals surface area contributed by atoms with Gasteiger partial charge in [0.15, 0.2) is 5.69 Å². The van der Waals surface area contributed by atoms with Crippen molar-refractivity contribution in [2.45, 2.75) is 26.1 Å². The zero-order valence-electron chi connectivity index (χ0n) is 10.1. The highest BCUT2D eigenvalue weighted by Gasteiger charge is 2.42. The smallest absolute Gasteiger partial charge is 0.408 e. The molecule has 19 heavy (non-hydrogen) atoms. The van der Waals surface area contributed by atoms with Crippen LogP contribution in [0.5, 0.6) is 0 Å². The van der Waals surface area contributed by atoms with Crippen molar-refractivity contribution in [2.24, 2.45) is 5.92 Å². The molecule has 1 aromatic heterocycles. The van der Waals surface area contributed by atoms with Gasteiger partial charge >= 0.3 is 12.1 Å². The standard InChI is InChI=1S/C11H12ClF3N2O2/c1-5(2)9(11(13,14)15)16-6-3-4-7(12)17-8(6)10(18)19/h3-5,9,16H,1-2H3,(H,18,19). The van der Waals surface area contributed by atoms with Gasteiger partial charge in [0, 0.05) is 0 Å². The second-order valence-corrected chi connectivity index (χ2v) is 4.63. The number of nitrogens with one attached hydrogen (secondary N) is 1. The van der Waals surface area contributed by atoms with Crippen LogP contribution < -0.4 is 5.32 Å². The predicted molar refractivity (Wildman–Crippen MR) is 64.5 cm³/mol. The van der Waals surface area contributed by atoms with Crippen molar-refractivity contribution in [2.75, 3.05) is 5.32 Å². The zero-order valence-corrected chi connectivity index (χ0v) is 10.9. The maximum Gasteiger partial charge on any atom is 0.408 e. The minimum Gasteiger partial charge on any atom is -0.476 e. The van der Waals surface area contributed by atoms with E-state index >= 15 is 0 Å². The SMILES string of the molecule is CC(C)C(Nc1ccc(Cl)nc1C(=O)O)C(F)(F)F. The number of hydrogen-bond acceptors (Lipinski definition) is 3. The number of nitrogens with zero attached hydrogens (tertiary/aromatic N) is 1. The van der Waals surface area contributed by atoms with Crippen LogP contribution in [0, 0.1) is 5.92 Å². The lowest BCUT2D eigenvalue weighted by Crippen LogP contribution is -2.41. The Morgan fingerprint density at radius 1 is 1.42 bits per heavy atom. The Morgan fingerprint density at radius 3 is 2.42 bits per heavy atom. The van der Waals surface area contributed by atoms with Gasteiger partial charge in [0.1, 0.15) is 11.2 Å². The lowest BCUT2D eigenvalue weighted by atomic mass is 10.0. The van der Waals surface area contributed by atoms with Crippen LogP contribution in [-0.4, -0.2) is 28.3 Å². The van der Waals surface area contributed by atoms with Crippen LogP contribution in [0.2, 0.25) is 5.15 Å². The van der Waals surface area contributed by atoms with Gasteiger partial charge in [-0.15, -0.1) is 0 Å². The van der Waals surface area contributed by atoms with Gasteiger partial charge in [-0.25, -0.2) is 9.78 Å². The van der Waals surface area contributed by atoms with Crippen LogP contribution >= 0.6 is 11.6 Å². The summed E-state index contributed by atoms with van der Waals surface area (Å²) in [6, 6.07) is 0.526. The molecule has 0 aliphatic rings. The first-order chi connectivity index (χ1) is 8.62. The third-order valence-corrected chi connectivity index (χ3v) is 2.60. The van der Waals surface area contributed by atoms with E-state index in [-0.39, 0.29) is 10.8 Å². The van der Waals surface area contributed by atoms with Crippen LogP contribution in [0.15, 0.2) is 12.1 Å². The molecule has 1 rings (SSSR count). The van der Waals surface area contributed by atoms with Crippen LogP contribution in [0.25, 0.3) is 0 Å². The number of anilines is 1. The van der Waals surface area contributed by atoms with Crippen LogP contribution in [0.1, 0.15) is 24.3 Å². The number of halogens is 4. The third kappa shape index (κ3) is 3.99. The lowest BCUT2D eigenvalue weighted by molar-refractivity contribution is -0.150. The van der Waals surface area contributed by atoms with Crippen molar-refractivity contribution in [3.8, 4) is 0 Å². The number of hydrogen-bond donors (Lipinski definition) is 2. The Balaban J connectivity index is 3.13. The molecule has 2 N–H and O–H groups in total. The number of carboxylic acids is 1. The molecule has 0 saturated heterocycles. The normalized spacial score (nSPS) is 13.4. The molecule has 0 amide bonds. The largest absolute Gasteiger partial charge is 0.476 e. The molecule has 0 bridgehead atoms. The predicted octanol–water partition coefficient (Wildman–Crippen LogP) is 3.43. The Labute approximate surface area is 112 Å². The number of rotatable bonds is 4. The van der Waals surface area contributed by atoms with E-state index in [0.717, 1.165) is 0 Å². The van der Waals surface area contributed by atoms with Crippen molar-refractivity contribution < 1.29 is 23.1 Å². The summed E-state index contributed by atoms with van der Waals surface area (Å²) in [5.41, 5.74) is -0.754. The summed E-state index contributed by atoms with van der Waals surface area (Å²) in [5, 5.41) is 11.0. The molecule has 1 heterocycles. The van der Waals surface area contributed by atoms with E-state index in [1.54, 1.807) is 0 Å². The van der Waals surface area contributed by atoms with E-state index in [1.807, 2.05) is 0 Å². The fraction of sp³-hybridized carbons (Fsp3) is 0.455. The maximum absolute atomic E-state index is 12.8. The van der Waals surface area contributed by atoms with E-state index in [4.69, 9.17) is 16.7 Å². The second-order valence-electron chi connectivity index (χ2n) is 4.24. The number of aromatic carboxylic acids is 1. The van der Waals surface area contributed by atoms with Gasteiger partial charge in [-0.1, -0.05) is 25.4 Å². The molecule has 0 fully saturated rings. The van der Waals surface area contributed by atoms with E-state index in [1.165, 1.54) is 26.0 Å². The van der Waals surface area contributed by atoms with E-state index in [9.17, 15) is 18.0 Å². The average molecular weight is 297 g/mol. The van der Waals surface area contributed by atoms with Gasteiger partial charge < -0.3 is 10.4 Å². The minimum absolute atomic E-state index is 0.101. The van der Waals surface area contributed by atoms with Gasteiger partial charge in [-0.2, -0.15) is 13.2 Å². The maximum atomic E-state index is 12.8. The van der Waals surface area contributed by atoms with E-state index in [0.29, 0.717) is 0 Å². The van der Waals surface area contributed by atoms with Crippen molar-refractivity contribution in [3.05, 3.63) is 23.0 Å². The first kappa shape index (κ1) is 15.6. The number of carboxylic acid groups (broad SMARTS) is 1. The lowest BCUT2D eigenvalue weighted by Gasteiger charge is -2.26. The summed E-state index contributed by atoms with van der Waals surface area (Å²) in [4.78, 5) is 14.4. The Hall–Kier alpha value is -1.50. The molecule has 1 unspecified atom stereocenters. The highest BCUT2D eigenvalue weighted by Crippen LogP contribution is 2.30. The average Bonchev–Trinajstić information content (AvgIpc) is 2.24. The van der Waals surface area contributed by atoms with Crippen molar-refractivity contribution >= 4 is 23.3 Å². The molecule has 0 spiro atoms. The molecule has 0 aliphatic heterocycles. The summed E-state index contributed by atoms with van der Waals surface area (Å²) in [6.07, 6.45) is -4.50. The van der Waals surface area contributed by atoms with E-state index < -0.39 is 29.8 Å². The molecule has 1 atom stereocenters. The molecule has 0 saturated carbocycles. The fourth-order valence-electron chi connectivity index (χ4n) is 1.51. The summed E-state index contributed by atoms with van der Waals surface area (Å²) >= 11 is 5.53. The quantitative estimate of drug-likeness (QED) is 0.836.